The highest BCUT2D eigenvalue weighted by molar-refractivity contribution is 5.31. The van der Waals surface area contributed by atoms with Crippen molar-refractivity contribution in [1.82, 2.24) is 20.3 Å². The van der Waals surface area contributed by atoms with Crippen LogP contribution in [-0.4, -0.2) is 27.1 Å². The van der Waals surface area contributed by atoms with Gasteiger partial charge in [-0.25, -0.2) is 4.68 Å². The van der Waals surface area contributed by atoms with E-state index in [1.165, 1.54) is 0 Å². The quantitative estimate of drug-likeness (QED) is 0.910. The van der Waals surface area contributed by atoms with E-state index in [1.54, 1.807) is 0 Å². The highest BCUT2D eigenvalue weighted by atomic mass is 15.4. The van der Waals surface area contributed by atoms with E-state index in [2.05, 4.69) is 55.5 Å². The van der Waals surface area contributed by atoms with Crippen LogP contribution in [0.1, 0.15) is 33.4 Å². The van der Waals surface area contributed by atoms with E-state index in [0.717, 1.165) is 24.3 Å². The van der Waals surface area contributed by atoms with E-state index in [1.807, 2.05) is 29.1 Å². The van der Waals surface area contributed by atoms with Gasteiger partial charge < -0.3 is 5.32 Å². The van der Waals surface area contributed by atoms with Crippen molar-refractivity contribution in [2.75, 3.05) is 6.54 Å². The lowest BCUT2D eigenvalue weighted by molar-refractivity contribution is 0.379. The molecule has 0 saturated heterocycles. The molecule has 4 heteroatoms. The topological polar surface area (TPSA) is 42.7 Å². The second-order valence-electron chi connectivity index (χ2n) is 6.41. The molecule has 1 unspecified atom stereocenters. The van der Waals surface area contributed by atoms with Crippen LogP contribution >= 0.6 is 0 Å². The first-order chi connectivity index (χ1) is 9.46. The van der Waals surface area contributed by atoms with E-state index in [9.17, 15) is 0 Å². The Balaban J connectivity index is 2.02. The minimum atomic E-state index is 0.159. The molecule has 1 aromatic carbocycles. The van der Waals surface area contributed by atoms with Crippen LogP contribution in [0.3, 0.4) is 0 Å². The summed E-state index contributed by atoms with van der Waals surface area (Å²) in [5, 5.41) is 11.8. The van der Waals surface area contributed by atoms with E-state index >= 15 is 0 Å². The molecule has 0 bridgehead atoms. The Kier molecular flexibility index (Phi) is 4.55. The average molecular weight is 272 g/mol. The molecule has 108 valence electrons. The van der Waals surface area contributed by atoms with Crippen molar-refractivity contribution >= 4 is 0 Å². The van der Waals surface area contributed by atoms with Gasteiger partial charge in [-0.15, -0.1) is 5.10 Å². The first kappa shape index (κ1) is 14.7. The number of aromatic nitrogens is 3. The second kappa shape index (κ2) is 6.18. The number of nitrogens with zero attached hydrogens (tertiary/aromatic N) is 3. The zero-order valence-corrected chi connectivity index (χ0v) is 12.8. The van der Waals surface area contributed by atoms with Crippen LogP contribution in [0.4, 0.5) is 0 Å². The fraction of sp³-hybridized carbons (Fsp3) is 0.500. The minimum Gasteiger partial charge on any atom is -0.312 e. The Morgan fingerprint density at radius 1 is 1.20 bits per heavy atom. The van der Waals surface area contributed by atoms with Gasteiger partial charge in [-0.05, 0) is 51.8 Å². The molecule has 0 saturated carbocycles. The van der Waals surface area contributed by atoms with Crippen molar-refractivity contribution in [3.05, 3.63) is 42.2 Å². The Morgan fingerprint density at radius 3 is 2.55 bits per heavy atom. The minimum absolute atomic E-state index is 0.159. The van der Waals surface area contributed by atoms with Crippen LogP contribution in [-0.2, 0) is 6.42 Å². The van der Waals surface area contributed by atoms with Crippen LogP contribution in [0.5, 0.6) is 0 Å². The zero-order chi connectivity index (χ0) is 14.6. The van der Waals surface area contributed by atoms with Gasteiger partial charge in [0.15, 0.2) is 0 Å². The predicted octanol–water partition coefficient (Wildman–Crippen LogP) is 2.83. The van der Waals surface area contributed by atoms with Gasteiger partial charge in [0, 0.05) is 5.54 Å². The van der Waals surface area contributed by atoms with Crippen molar-refractivity contribution < 1.29 is 0 Å². The first-order valence-corrected chi connectivity index (χ1v) is 7.16. The molecule has 1 atom stereocenters. The Hall–Kier alpha value is -1.68. The number of hydrogen-bond donors (Lipinski definition) is 1. The third-order valence-corrected chi connectivity index (χ3v) is 3.16. The summed E-state index contributed by atoms with van der Waals surface area (Å²) in [4.78, 5) is 0. The van der Waals surface area contributed by atoms with Gasteiger partial charge in [-0.3, -0.25) is 0 Å². The molecule has 2 rings (SSSR count). The summed E-state index contributed by atoms with van der Waals surface area (Å²) in [6.45, 7) is 9.81. The molecule has 0 aliphatic rings. The predicted molar refractivity (Wildman–Crippen MR) is 82.0 cm³/mol. The Bertz CT molecular complexity index is 525. The fourth-order valence-corrected chi connectivity index (χ4v) is 2.09. The zero-order valence-electron chi connectivity index (χ0n) is 12.8. The highest BCUT2D eigenvalue weighted by Gasteiger charge is 2.14. The molecule has 0 amide bonds. The lowest BCUT2D eigenvalue weighted by Gasteiger charge is -2.23. The van der Waals surface area contributed by atoms with Crippen molar-refractivity contribution in [2.45, 2.75) is 39.7 Å². The van der Waals surface area contributed by atoms with Crippen LogP contribution in [0.2, 0.25) is 0 Å². The SMILES string of the molecule is CC(CNC(C)(C)C)Cc1cnnn1-c1ccccc1. The summed E-state index contributed by atoms with van der Waals surface area (Å²) in [5.74, 6) is 0.537. The summed E-state index contributed by atoms with van der Waals surface area (Å²) in [7, 11) is 0. The molecule has 4 nitrogen and oxygen atoms in total. The van der Waals surface area contributed by atoms with Crippen LogP contribution in [0.15, 0.2) is 36.5 Å². The van der Waals surface area contributed by atoms with Gasteiger partial charge in [0.1, 0.15) is 0 Å². The number of hydrogen-bond acceptors (Lipinski definition) is 3. The smallest absolute Gasteiger partial charge is 0.0729 e. The molecular formula is C16H24N4. The normalized spacial score (nSPS) is 13.4. The lowest BCUT2D eigenvalue weighted by atomic mass is 10.0. The number of para-hydroxylation sites is 1. The molecule has 0 radical (unpaired) electrons. The van der Waals surface area contributed by atoms with Crippen molar-refractivity contribution in [2.24, 2.45) is 5.92 Å². The van der Waals surface area contributed by atoms with Crippen LogP contribution in [0, 0.1) is 5.92 Å². The lowest BCUT2D eigenvalue weighted by Crippen LogP contribution is -2.39. The summed E-state index contributed by atoms with van der Waals surface area (Å²) in [6, 6.07) is 10.2. The fourth-order valence-electron chi connectivity index (χ4n) is 2.09. The molecular weight excluding hydrogens is 248 g/mol. The number of rotatable bonds is 5. The van der Waals surface area contributed by atoms with E-state index < -0.39 is 0 Å². The van der Waals surface area contributed by atoms with E-state index in [4.69, 9.17) is 0 Å². The number of nitrogens with one attached hydrogen (secondary N) is 1. The van der Waals surface area contributed by atoms with Gasteiger partial charge in [0.05, 0.1) is 17.6 Å². The van der Waals surface area contributed by atoms with Crippen molar-refractivity contribution in [3.8, 4) is 5.69 Å². The maximum absolute atomic E-state index is 4.19. The number of benzene rings is 1. The van der Waals surface area contributed by atoms with Crippen molar-refractivity contribution in [1.29, 1.82) is 0 Å². The van der Waals surface area contributed by atoms with Gasteiger partial charge in [0.2, 0.25) is 0 Å². The maximum atomic E-state index is 4.19. The largest absolute Gasteiger partial charge is 0.312 e. The molecule has 20 heavy (non-hydrogen) atoms. The van der Waals surface area contributed by atoms with Crippen LogP contribution < -0.4 is 5.32 Å². The van der Waals surface area contributed by atoms with E-state index in [-0.39, 0.29) is 5.54 Å². The summed E-state index contributed by atoms with van der Waals surface area (Å²) in [5.41, 5.74) is 2.38. The van der Waals surface area contributed by atoms with Gasteiger partial charge in [-0.2, -0.15) is 0 Å². The molecule has 0 fully saturated rings. The Morgan fingerprint density at radius 2 is 1.90 bits per heavy atom. The molecule has 0 spiro atoms. The second-order valence-corrected chi connectivity index (χ2v) is 6.41. The molecule has 0 aliphatic carbocycles. The third kappa shape index (κ3) is 4.17. The highest BCUT2D eigenvalue weighted by Crippen LogP contribution is 2.13. The van der Waals surface area contributed by atoms with Gasteiger partial charge in [-0.1, -0.05) is 30.3 Å². The summed E-state index contributed by atoms with van der Waals surface area (Å²) in [6.07, 6.45) is 2.82. The summed E-state index contributed by atoms with van der Waals surface area (Å²) >= 11 is 0. The van der Waals surface area contributed by atoms with Crippen molar-refractivity contribution in [3.63, 3.8) is 0 Å². The Labute approximate surface area is 121 Å². The molecule has 2 aromatic rings. The molecule has 0 aliphatic heterocycles. The standard InChI is InChI=1S/C16H24N4/c1-13(11-17-16(2,3)4)10-15-12-18-19-20(15)14-8-6-5-7-9-14/h5-9,12-13,17H,10-11H2,1-4H3. The molecule has 1 aromatic heterocycles. The molecule has 1 N–H and O–H groups in total. The third-order valence-electron chi connectivity index (χ3n) is 3.16. The first-order valence-electron chi connectivity index (χ1n) is 7.16. The van der Waals surface area contributed by atoms with Gasteiger partial charge >= 0.3 is 0 Å². The van der Waals surface area contributed by atoms with Crippen LogP contribution in [0.25, 0.3) is 5.69 Å². The monoisotopic (exact) mass is 272 g/mol. The molecule has 1 heterocycles. The van der Waals surface area contributed by atoms with E-state index in [0.29, 0.717) is 5.92 Å². The summed E-state index contributed by atoms with van der Waals surface area (Å²) < 4.78 is 1.92. The maximum Gasteiger partial charge on any atom is 0.0729 e. The van der Waals surface area contributed by atoms with Gasteiger partial charge in [0.25, 0.3) is 0 Å². The average Bonchev–Trinajstić information content (AvgIpc) is 2.85.